The van der Waals surface area contributed by atoms with Crippen molar-refractivity contribution in [3.63, 3.8) is 0 Å². The first kappa shape index (κ1) is 14.9. The molecule has 0 radical (unpaired) electrons. The maximum absolute atomic E-state index is 13.3. The Morgan fingerprint density at radius 2 is 1.90 bits per heavy atom. The number of halogens is 3. The van der Waals surface area contributed by atoms with Crippen LogP contribution in [-0.2, 0) is 12.0 Å². The van der Waals surface area contributed by atoms with Gasteiger partial charge in [-0.15, -0.1) is 0 Å². The normalized spacial score (nSPS) is 14.1. The average molecular weight is 298 g/mol. The van der Waals surface area contributed by atoms with Crippen LogP contribution in [0.1, 0.15) is 24.6 Å². The highest BCUT2D eigenvalue weighted by molar-refractivity contribution is 6.31. The van der Waals surface area contributed by atoms with Gasteiger partial charge in [0.05, 0.1) is 11.9 Å². The second kappa shape index (κ2) is 5.85. The van der Waals surface area contributed by atoms with E-state index in [1.165, 1.54) is 30.3 Å². The van der Waals surface area contributed by atoms with Gasteiger partial charge in [0.25, 0.3) is 0 Å². The van der Waals surface area contributed by atoms with Crippen molar-refractivity contribution >= 4 is 11.6 Å². The Labute approximate surface area is 121 Å². The van der Waals surface area contributed by atoms with Crippen molar-refractivity contribution in [3.05, 3.63) is 64.4 Å². The van der Waals surface area contributed by atoms with E-state index in [9.17, 15) is 13.9 Å². The Hall–Kier alpha value is -1.52. The zero-order chi connectivity index (χ0) is 14.8. The number of hydrogen-bond donors (Lipinski definition) is 1. The molecule has 2 rings (SSSR count). The van der Waals surface area contributed by atoms with Crippen LogP contribution in [0, 0.1) is 11.6 Å². The molecule has 0 aliphatic carbocycles. The minimum atomic E-state index is -1.31. The maximum atomic E-state index is 13.3. The fourth-order valence-electron chi connectivity index (χ4n) is 2.04. The summed E-state index contributed by atoms with van der Waals surface area (Å²) < 4.78 is 26.2. The van der Waals surface area contributed by atoms with Crippen molar-refractivity contribution in [2.24, 2.45) is 0 Å². The van der Waals surface area contributed by atoms with Crippen LogP contribution in [0.25, 0.3) is 0 Å². The third-order valence-electron chi connectivity index (χ3n) is 3.28. The molecule has 0 fully saturated rings. The highest BCUT2D eigenvalue weighted by Crippen LogP contribution is 2.31. The first-order valence-electron chi connectivity index (χ1n) is 6.23. The molecule has 2 nitrogen and oxygen atoms in total. The Balaban J connectivity index is 2.36. The third-order valence-corrected chi connectivity index (χ3v) is 3.65. The number of rotatable bonds is 4. The Kier molecular flexibility index (Phi) is 4.35. The minimum absolute atomic E-state index is 0.110. The molecule has 1 aromatic heterocycles. The van der Waals surface area contributed by atoms with E-state index in [0.717, 1.165) is 6.20 Å². The summed E-state index contributed by atoms with van der Waals surface area (Å²) in [5.41, 5.74) is -0.491. The van der Waals surface area contributed by atoms with Gasteiger partial charge in [-0.05, 0) is 42.3 Å². The Morgan fingerprint density at radius 3 is 2.50 bits per heavy atom. The predicted octanol–water partition coefficient (Wildman–Crippen LogP) is 3.85. The molecule has 0 aliphatic heterocycles. The Morgan fingerprint density at radius 1 is 1.20 bits per heavy atom. The molecule has 0 amide bonds. The molecule has 1 unspecified atom stereocenters. The second-order valence-electron chi connectivity index (χ2n) is 4.66. The SMILES string of the molecule is CCC(O)(Cc1cc(F)ccc1Cl)c1ccc(F)cn1. The molecule has 0 saturated heterocycles. The van der Waals surface area contributed by atoms with Crippen molar-refractivity contribution in [3.8, 4) is 0 Å². The van der Waals surface area contributed by atoms with Crippen molar-refractivity contribution in [1.82, 2.24) is 4.98 Å². The lowest BCUT2D eigenvalue weighted by molar-refractivity contribution is 0.0282. The molecule has 0 bridgehead atoms. The smallest absolute Gasteiger partial charge is 0.141 e. The summed E-state index contributed by atoms with van der Waals surface area (Å²) in [6, 6.07) is 6.64. The van der Waals surface area contributed by atoms with Crippen molar-refractivity contribution in [2.75, 3.05) is 0 Å². The standard InChI is InChI=1S/C15H14ClF2NO/c1-2-15(20,14-6-4-12(18)9-19-14)8-10-7-11(17)3-5-13(10)16/h3-7,9,20H,2,8H2,1H3. The molecule has 0 saturated carbocycles. The fraction of sp³-hybridized carbons (Fsp3) is 0.267. The quantitative estimate of drug-likeness (QED) is 0.930. The molecule has 1 atom stereocenters. The topological polar surface area (TPSA) is 33.1 Å². The molecular formula is C15H14ClF2NO. The lowest BCUT2D eigenvalue weighted by atomic mass is 9.88. The summed E-state index contributed by atoms with van der Waals surface area (Å²) >= 11 is 6.01. The van der Waals surface area contributed by atoms with E-state index in [1.807, 2.05) is 0 Å². The molecule has 1 aromatic carbocycles. The van der Waals surface area contributed by atoms with E-state index in [2.05, 4.69) is 4.98 Å². The molecule has 106 valence electrons. The van der Waals surface area contributed by atoms with Gasteiger partial charge in [0, 0.05) is 11.4 Å². The lowest BCUT2D eigenvalue weighted by Gasteiger charge is -2.26. The van der Waals surface area contributed by atoms with Gasteiger partial charge in [0.2, 0.25) is 0 Å². The van der Waals surface area contributed by atoms with Crippen molar-refractivity contribution in [2.45, 2.75) is 25.4 Å². The minimum Gasteiger partial charge on any atom is -0.383 e. The number of aromatic nitrogens is 1. The molecule has 2 aromatic rings. The summed E-state index contributed by atoms with van der Waals surface area (Å²) in [5.74, 6) is -0.897. The predicted molar refractivity (Wildman–Crippen MR) is 73.5 cm³/mol. The van der Waals surface area contributed by atoms with Gasteiger partial charge in [-0.1, -0.05) is 18.5 Å². The van der Waals surface area contributed by atoms with E-state index in [0.29, 0.717) is 22.7 Å². The zero-order valence-electron chi connectivity index (χ0n) is 10.9. The number of pyridine rings is 1. The molecule has 0 aliphatic rings. The van der Waals surface area contributed by atoms with Gasteiger partial charge in [-0.3, -0.25) is 4.98 Å². The number of benzene rings is 1. The van der Waals surface area contributed by atoms with Crippen LogP contribution in [0.4, 0.5) is 8.78 Å². The summed E-state index contributed by atoms with van der Waals surface area (Å²) in [4.78, 5) is 3.91. The molecular weight excluding hydrogens is 284 g/mol. The average Bonchev–Trinajstić information content (AvgIpc) is 2.43. The summed E-state index contributed by atoms with van der Waals surface area (Å²) in [5, 5.41) is 11.1. The van der Waals surface area contributed by atoms with Gasteiger partial charge < -0.3 is 5.11 Å². The first-order valence-corrected chi connectivity index (χ1v) is 6.61. The highest BCUT2D eigenvalue weighted by Gasteiger charge is 2.30. The van der Waals surface area contributed by atoms with Gasteiger partial charge in [0.15, 0.2) is 0 Å². The van der Waals surface area contributed by atoms with Crippen molar-refractivity contribution in [1.29, 1.82) is 0 Å². The highest BCUT2D eigenvalue weighted by atomic mass is 35.5. The summed E-state index contributed by atoms with van der Waals surface area (Å²) in [6.07, 6.45) is 1.50. The second-order valence-corrected chi connectivity index (χ2v) is 5.07. The lowest BCUT2D eigenvalue weighted by Crippen LogP contribution is -2.29. The molecule has 5 heteroatoms. The van der Waals surface area contributed by atoms with Crippen LogP contribution in [0.3, 0.4) is 0 Å². The van der Waals surface area contributed by atoms with Gasteiger partial charge in [-0.2, -0.15) is 0 Å². The van der Waals surface area contributed by atoms with E-state index in [1.54, 1.807) is 6.92 Å². The molecule has 1 heterocycles. The number of aliphatic hydroxyl groups is 1. The van der Waals surface area contributed by atoms with Crippen molar-refractivity contribution < 1.29 is 13.9 Å². The van der Waals surface area contributed by atoms with E-state index in [4.69, 9.17) is 11.6 Å². The van der Waals surface area contributed by atoms with Crippen LogP contribution >= 0.6 is 11.6 Å². The van der Waals surface area contributed by atoms with E-state index < -0.39 is 17.2 Å². The monoisotopic (exact) mass is 297 g/mol. The maximum Gasteiger partial charge on any atom is 0.141 e. The van der Waals surface area contributed by atoms with Crippen LogP contribution in [0.5, 0.6) is 0 Å². The van der Waals surface area contributed by atoms with Crippen LogP contribution < -0.4 is 0 Å². The fourth-order valence-corrected chi connectivity index (χ4v) is 2.23. The van der Waals surface area contributed by atoms with Gasteiger partial charge in [0.1, 0.15) is 17.2 Å². The zero-order valence-corrected chi connectivity index (χ0v) is 11.7. The third kappa shape index (κ3) is 3.14. The van der Waals surface area contributed by atoms with E-state index >= 15 is 0 Å². The summed E-state index contributed by atoms with van der Waals surface area (Å²) in [7, 11) is 0. The van der Waals surface area contributed by atoms with Crippen LogP contribution in [0.2, 0.25) is 5.02 Å². The summed E-state index contributed by atoms with van der Waals surface area (Å²) in [6.45, 7) is 1.78. The molecule has 20 heavy (non-hydrogen) atoms. The van der Waals surface area contributed by atoms with E-state index in [-0.39, 0.29) is 6.42 Å². The largest absolute Gasteiger partial charge is 0.383 e. The van der Waals surface area contributed by atoms with Crippen LogP contribution in [0.15, 0.2) is 36.5 Å². The molecule has 1 N–H and O–H groups in total. The van der Waals surface area contributed by atoms with Crippen LogP contribution in [-0.4, -0.2) is 10.1 Å². The number of hydrogen-bond acceptors (Lipinski definition) is 2. The molecule has 0 spiro atoms. The van der Waals surface area contributed by atoms with Gasteiger partial charge in [-0.25, -0.2) is 8.78 Å². The Bertz CT molecular complexity index is 603. The van der Waals surface area contributed by atoms with Gasteiger partial charge >= 0.3 is 0 Å². The first-order chi connectivity index (χ1) is 9.44. The number of nitrogens with zero attached hydrogens (tertiary/aromatic N) is 1.